The van der Waals surface area contributed by atoms with E-state index < -0.39 is 6.04 Å². The number of amides is 1. The highest BCUT2D eigenvalue weighted by molar-refractivity contribution is 6.21. The molecule has 0 unspecified atom stereocenters. The van der Waals surface area contributed by atoms with Crippen LogP contribution in [-0.4, -0.2) is 66.3 Å². The summed E-state index contributed by atoms with van der Waals surface area (Å²) in [5.41, 5.74) is 0.780. The van der Waals surface area contributed by atoms with E-state index in [1.54, 1.807) is 0 Å². The normalized spacial score (nSPS) is 21.9. The van der Waals surface area contributed by atoms with Gasteiger partial charge in [-0.3, -0.25) is 14.5 Å². The standard InChI is InChI=1S/C30H37N3O2/c1-3-32(4-2)30(35)26-14-9-19-33(23-15-17-31-18-16-23)28(26)29(34)27-24-12-7-5-10-21(24)20-22-11-6-8-13-25(22)27/h5-8,10-13,20,23,26,28,31H,3-4,9,14-19H2,1-2H3/t26-,28+/m1/s1. The Balaban J connectivity index is 1.66. The molecule has 0 spiro atoms. The molecule has 0 aromatic heterocycles. The van der Waals surface area contributed by atoms with Crippen molar-refractivity contribution >= 4 is 33.2 Å². The number of nitrogens with one attached hydrogen (secondary N) is 1. The van der Waals surface area contributed by atoms with Gasteiger partial charge >= 0.3 is 0 Å². The molecule has 0 aliphatic carbocycles. The van der Waals surface area contributed by atoms with E-state index in [0.29, 0.717) is 19.1 Å². The number of nitrogens with zero attached hydrogens (tertiary/aromatic N) is 2. The highest BCUT2D eigenvalue weighted by Crippen LogP contribution is 2.36. The zero-order chi connectivity index (χ0) is 24.4. The number of hydrogen-bond acceptors (Lipinski definition) is 4. The second kappa shape index (κ2) is 10.5. The summed E-state index contributed by atoms with van der Waals surface area (Å²) < 4.78 is 0. The summed E-state index contributed by atoms with van der Waals surface area (Å²) in [6.45, 7) is 8.23. The average molecular weight is 472 g/mol. The van der Waals surface area contributed by atoms with Crippen LogP contribution in [0.4, 0.5) is 0 Å². The molecular weight excluding hydrogens is 434 g/mol. The Kier molecular flexibility index (Phi) is 7.17. The molecule has 184 valence electrons. The first-order valence-electron chi connectivity index (χ1n) is 13.3. The van der Waals surface area contributed by atoms with Crippen LogP contribution in [0.2, 0.25) is 0 Å². The van der Waals surface area contributed by atoms with E-state index in [0.717, 1.165) is 72.4 Å². The molecule has 0 radical (unpaired) electrons. The van der Waals surface area contributed by atoms with Gasteiger partial charge in [0.05, 0.1) is 12.0 Å². The maximum atomic E-state index is 14.8. The first-order valence-corrected chi connectivity index (χ1v) is 13.3. The third-order valence-corrected chi connectivity index (χ3v) is 8.13. The van der Waals surface area contributed by atoms with Crippen LogP contribution in [-0.2, 0) is 4.79 Å². The fraction of sp³-hybridized carbons (Fsp3) is 0.467. The number of likely N-dealkylation sites (tertiary alicyclic amines) is 1. The van der Waals surface area contributed by atoms with E-state index in [9.17, 15) is 9.59 Å². The van der Waals surface area contributed by atoms with Crippen LogP contribution in [0.3, 0.4) is 0 Å². The third kappa shape index (κ3) is 4.48. The van der Waals surface area contributed by atoms with Crippen molar-refractivity contribution in [2.45, 2.75) is 51.6 Å². The van der Waals surface area contributed by atoms with E-state index in [4.69, 9.17) is 0 Å². The van der Waals surface area contributed by atoms with Crippen LogP contribution in [0.5, 0.6) is 0 Å². The first-order chi connectivity index (χ1) is 17.1. The predicted octanol–water partition coefficient (Wildman–Crippen LogP) is 4.88. The number of carbonyl (C=O) groups excluding carboxylic acids is 2. The molecule has 3 aromatic rings. The van der Waals surface area contributed by atoms with Gasteiger partial charge in [0.15, 0.2) is 5.78 Å². The minimum Gasteiger partial charge on any atom is -0.343 e. The molecule has 2 aliphatic heterocycles. The maximum absolute atomic E-state index is 14.8. The van der Waals surface area contributed by atoms with Crippen molar-refractivity contribution in [1.82, 2.24) is 15.1 Å². The Morgan fingerprint density at radius 3 is 2.11 bits per heavy atom. The number of rotatable bonds is 6. The van der Waals surface area contributed by atoms with E-state index >= 15 is 0 Å². The number of hydrogen-bond donors (Lipinski definition) is 1. The van der Waals surface area contributed by atoms with Crippen molar-refractivity contribution in [2.24, 2.45) is 5.92 Å². The molecule has 2 heterocycles. The fourth-order valence-corrected chi connectivity index (χ4v) is 6.36. The highest BCUT2D eigenvalue weighted by atomic mass is 16.2. The van der Waals surface area contributed by atoms with Gasteiger partial charge in [0, 0.05) is 24.7 Å². The molecule has 2 atom stereocenters. The van der Waals surface area contributed by atoms with Gasteiger partial charge in [0.2, 0.25) is 5.91 Å². The summed E-state index contributed by atoms with van der Waals surface area (Å²) in [6.07, 6.45) is 3.77. The molecule has 2 fully saturated rings. The quantitative estimate of drug-likeness (QED) is 0.411. The highest BCUT2D eigenvalue weighted by Gasteiger charge is 2.45. The van der Waals surface area contributed by atoms with Crippen LogP contribution in [0.25, 0.3) is 21.5 Å². The fourth-order valence-electron chi connectivity index (χ4n) is 6.36. The Bertz CT molecular complexity index is 1160. The van der Waals surface area contributed by atoms with Gasteiger partial charge in [-0.1, -0.05) is 48.5 Å². The molecule has 35 heavy (non-hydrogen) atoms. The zero-order valence-electron chi connectivity index (χ0n) is 21.0. The number of fused-ring (bicyclic) bond motifs is 2. The smallest absolute Gasteiger partial charge is 0.227 e. The summed E-state index contributed by atoms with van der Waals surface area (Å²) >= 11 is 0. The van der Waals surface area contributed by atoms with Gasteiger partial charge < -0.3 is 10.2 Å². The second-order valence-corrected chi connectivity index (χ2v) is 9.98. The van der Waals surface area contributed by atoms with Crippen LogP contribution in [0, 0.1) is 5.92 Å². The molecule has 5 heteroatoms. The van der Waals surface area contributed by atoms with Gasteiger partial charge in [-0.05, 0) is 86.8 Å². The second-order valence-electron chi connectivity index (χ2n) is 9.98. The Hall–Kier alpha value is -2.76. The van der Waals surface area contributed by atoms with Gasteiger partial charge in [0.25, 0.3) is 0 Å². The number of carbonyl (C=O) groups is 2. The summed E-state index contributed by atoms with van der Waals surface area (Å²) in [7, 11) is 0. The number of Topliss-reactive ketones (excluding diaryl/α,β-unsaturated/α-hetero) is 1. The van der Waals surface area contributed by atoms with E-state index in [-0.39, 0.29) is 17.6 Å². The predicted molar refractivity (Wildman–Crippen MR) is 143 cm³/mol. The molecule has 5 nitrogen and oxygen atoms in total. The number of piperidine rings is 2. The lowest BCUT2D eigenvalue weighted by molar-refractivity contribution is -0.139. The van der Waals surface area contributed by atoms with Crippen molar-refractivity contribution in [3.8, 4) is 0 Å². The minimum atomic E-state index is -0.422. The largest absolute Gasteiger partial charge is 0.343 e. The lowest BCUT2D eigenvalue weighted by atomic mass is 9.79. The summed E-state index contributed by atoms with van der Waals surface area (Å²) in [5.74, 6) is -0.0537. The maximum Gasteiger partial charge on any atom is 0.227 e. The van der Waals surface area contributed by atoms with Crippen LogP contribution < -0.4 is 5.32 Å². The van der Waals surface area contributed by atoms with Gasteiger partial charge in [-0.15, -0.1) is 0 Å². The Labute approximate surface area is 208 Å². The molecule has 0 saturated carbocycles. The number of ketones is 1. The molecule has 2 aliphatic rings. The van der Waals surface area contributed by atoms with E-state index in [1.807, 2.05) is 43.0 Å². The zero-order valence-corrected chi connectivity index (χ0v) is 21.0. The van der Waals surface area contributed by atoms with Crippen molar-refractivity contribution in [3.05, 3.63) is 60.2 Å². The third-order valence-electron chi connectivity index (χ3n) is 8.13. The lowest BCUT2D eigenvalue weighted by Crippen LogP contribution is -2.59. The minimum absolute atomic E-state index is 0.113. The monoisotopic (exact) mass is 471 g/mol. The molecule has 1 amide bonds. The molecule has 1 N–H and O–H groups in total. The summed E-state index contributed by atoms with van der Waals surface area (Å²) in [5, 5.41) is 7.58. The molecule has 0 bridgehead atoms. The van der Waals surface area contributed by atoms with Gasteiger partial charge in [-0.2, -0.15) is 0 Å². The van der Waals surface area contributed by atoms with Crippen LogP contribution in [0.15, 0.2) is 54.6 Å². The summed E-state index contributed by atoms with van der Waals surface area (Å²) in [6, 6.07) is 18.5. The van der Waals surface area contributed by atoms with Crippen molar-refractivity contribution in [1.29, 1.82) is 0 Å². The summed E-state index contributed by atoms with van der Waals surface area (Å²) in [4.78, 5) is 32.9. The number of benzene rings is 3. The molecule has 2 saturated heterocycles. The van der Waals surface area contributed by atoms with Gasteiger partial charge in [0.1, 0.15) is 0 Å². The van der Waals surface area contributed by atoms with Crippen molar-refractivity contribution < 1.29 is 9.59 Å². The van der Waals surface area contributed by atoms with Gasteiger partial charge in [-0.25, -0.2) is 0 Å². The molecule has 3 aromatic carbocycles. The first kappa shape index (κ1) is 24.0. The Morgan fingerprint density at radius 1 is 0.914 bits per heavy atom. The van der Waals surface area contributed by atoms with E-state index in [1.165, 1.54) is 0 Å². The van der Waals surface area contributed by atoms with Crippen molar-refractivity contribution in [3.63, 3.8) is 0 Å². The van der Waals surface area contributed by atoms with Crippen LogP contribution >= 0.6 is 0 Å². The SMILES string of the molecule is CCN(CC)C(=O)[C@@H]1CCCN(C2CCNCC2)[C@@H]1C(=O)c1c2ccccc2cc2ccccc12. The molecular formula is C30H37N3O2. The average Bonchev–Trinajstić information content (AvgIpc) is 2.92. The van der Waals surface area contributed by atoms with Crippen molar-refractivity contribution in [2.75, 3.05) is 32.7 Å². The molecule has 5 rings (SSSR count). The topological polar surface area (TPSA) is 52.7 Å². The van der Waals surface area contributed by atoms with E-state index in [2.05, 4.69) is 40.5 Å². The van der Waals surface area contributed by atoms with Crippen LogP contribution in [0.1, 0.15) is 49.9 Å². The lowest BCUT2D eigenvalue weighted by Gasteiger charge is -2.46. The Morgan fingerprint density at radius 2 is 1.51 bits per heavy atom.